The molecule has 0 aliphatic heterocycles. The quantitative estimate of drug-likeness (QED) is 0.903. The second-order valence-corrected chi connectivity index (χ2v) is 6.62. The molecule has 1 aromatic carbocycles. The first-order chi connectivity index (χ1) is 7.78. The van der Waals surface area contributed by atoms with E-state index in [1.807, 2.05) is 11.8 Å². The highest BCUT2D eigenvalue weighted by molar-refractivity contribution is 9.10. The van der Waals surface area contributed by atoms with Crippen LogP contribution in [-0.2, 0) is 0 Å². The third-order valence-electron chi connectivity index (χ3n) is 3.20. The van der Waals surface area contributed by atoms with Crippen LogP contribution in [0.1, 0.15) is 25.7 Å². The lowest BCUT2D eigenvalue weighted by Crippen LogP contribution is -2.30. The Bertz CT molecular complexity index is 317. The Morgan fingerprint density at radius 2 is 1.75 bits per heavy atom. The van der Waals surface area contributed by atoms with Crippen molar-refractivity contribution in [2.75, 3.05) is 7.05 Å². The summed E-state index contributed by atoms with van der Waals surface area (Å²) >= 11 is 5.51. The van der Waals surface area contributed by atoms with Crippen molar-refractivity contribution in [1.29, 1.82) is 0 Å². The molecule has 0 unspecified atom stereocenters. The Kier molecular flexibility index (Phi) is 4.74. The van der Waals surface area contributed by atoms with Crippen LogP contribution in [0.4, 0.5) is 0 Å². The topological polar surface area (TPSA) is 12.0 Å². The summed E-state index contributed by atoms with van der Waals surface area (Å²) in [6.07, 6.45) is 5.33. The van der Waals surface area contributed by atoms with Gasteiger partial charge in [-0.3, -0.25) is 0 Å². The average molecular weight is 300 g/mol. The van der Waals surface area contributed by atoms with Crippen molar-refractivity contribution in [3.63, 3.8) is 0 Å². The van der Waals surface area contributed by atoms with E-state index in [-0.39, 0.29) is 0 Å². The van der Waals surface area contributed by atoms with Crippen LogP contribution >= 0.6 is 27.7 Å². The number of rotatable bonds is 3. The van der Waals surface area contributed by atoms with Crippen molar-refractivity contribution in [2.24, 2.45) is 0 Å². The Hall–Kier alpha value is 0.01000. The van der Waals surface area contributed by atoms with Gasteiger partial charge < -0.3 is 5.32 Å². The minimum atomic E-state index is 0.752. The second-order valence-electron chi connectivity index (χ2n) is 4.33. The lowest BCUT2D eigenvalue weighted by molar-refractivity contribution is 0.401. The van der Waals surface area contributed by atoms with Crippen LogP contribution in [0.2, 0.25) is 0 Å². The largest absolute Gasteiger partial charge is 0.317 e. The first kappa shape index (κ1) is 12.5. The minimum absolute atomic E-state index is 0.752. The standard InChI is InChI=1S/C13H18BrNS/c1-15-11-4-8-13(9-5-11)16-12-6-2-10(14)3-7-12/h2-3,6-7,11,13,15H,4-5,8-9H2,1H3. The molecule has 0 heterocycles. The van der Waals surface area contributed by atoms with Crippen LogP contribution in [0.3, 0.4) is 0 Å². The molecule has 0 radical (unpaired) electrons. The maximum atomic E-state index is 3.47. The second kappa shape index (κ2) is 6.08. The highest BCUT2D eigenvalue weighted by atomic mass is 79.9. The highest BCUT2D eigenvalue weighted by Gasteiger charge is 2.20. The molecule has 0 spiro atoms. The number of thioether (sulfide) groups is 1. The van der Waals surface area contributed by atoms with E-state index in [1.54, 1.807) is 0 Å². The molecule has 16 heavy (non-hydrogen) atoms. The van der Waals surface area contributed by atoms with E-state index in [4.69, 9.17) is 0 Å². The Morgan fingerprint density at radius 1 is 1.12 bits per heavy atom. The molecule has 88 valence electrons. The molecule has 1 saturated carbocycles. The molecule has 1 nitrogen and oxygen atoms in total. The average Bonchev–Trinajstić information content (AvgIpc) is 2.33. The maximum Gasteiger partial charge on any atom is 0.0176 e. The monoisotopic (exact) mass is 299 g/mol. The molecule has 3 heteroatoms. The fourth-order valence-corrected chi connectivity index (χ4v) is 3.63. The van der Waals surface area contributed by atoms with Gasteiger partial charge in [-0.15, -0.1) is 11.8 Å². The molecule has 0 amide bonds. The highest BCUT2D eigenvalue weighted by Crippen LogP contribution is 2.34. The predicted octanol–water partition coefficient (Wildman–Crippen LogP) is 4.07. The van der Waals surface area contributed by atoms with Gasteiger partial charge in [0.25, 0.3) is 0 Å². The summed E-state index contributed by atoms with van der Waals surface area (Å²) in [5.41, 5.74) is 0. The zero-order chi connectivity index (χ0) is 11.4. The van der Waals surface area contributed by atoms with Crippen molar-refractivity contribution < 1.29 is 0 Å². The summed E-state index contributed by atoms with van der Waals surface area (Å²) in [6, 6.07) is 9.42. The van der Waals surface area contributed by atoms with E-state index < -0.39 is 0 Å². The lowest BCUT2D eigenvalue weighted by Gasteiger charge is -2.27. The van der Waals surface area contributed by atoms with Crippen LogP contribution < -0.4 is 5.32 Å². The number of benzene rings is 1. The summed E-state index contributed by atoms with van der Waals surface area (Å²) in [5, 5.41) is 4.19. The van der Waals surface area contributed by atoms with Gasteiger partial charge in [-0.2, -0.15) is 0 Å². The molecular weight excluding hydrogens is 282 g/mol. The van der Waals surface area contributed by atoms with Gasteiger partial charge in [0.1, 0.15) is 0 Å². The summed E-state index contributed by atoms with van der Waals surface area (Å²) in [7, 11) is 2.08. The number of hydrogen-bond acceptors (Lipinski definition) is 2. The summed E-state index contributed by atoms with van der Waals surface area (Å²) in [6.45, 7) is 0. The van der Waals surface area contributed by atoms with E-state index in [0.29, 0.717) is 0 Å². The molecule has 1 N–H and O–H groups in total. The minimum Gasteiger partial charge on any atom is -0.317 e. The smallest absolute Gasteiger partial charge is 0.0176 e. The van der Waals surface area contributed by atoms with Crippen molar-refractivity contribution >= 4 is 27.7 Å². The lowest BCUT2D eigenvalue weighted by atomic mass is 9.95. The SMILES string of the molecule is CNC1CCC(Sc2ccc(Br)cc2)CC1. The molecule has 0 aromatic heterocycles. The normalized spacial score (nSPS) is 25.6. The van der Waals surface area contributed by atoms with Gasteiger partial charge >= 0.3 is 0 Å². The molecule has 1 fully saturated rings. The Balaban J connectivity index is 1.84. The van der Waals surface area contributed by atoms with Gasteiger partial charge in [0.05, 0.1) is 0 Å². The fourth-order valence-electron chi connectivity index (χ4n) is 2.17. The predicted molar refractivity (Wildman–Crippen MR) is 75.1 cm³/mol. The van der Waals surface area contributed by atoms with Gasteiger partial charge in [-0.1, -0.05) is 15.9 Å². The van der Waals surface area contributed by atoms with Gasteiger partial charge in [-0.25, -0.2) is 0 Å². The molecule has 0 atom stereocenters. The Labute approximate surface area is 111 Å². The molecule has 1 aliphatic carbocycles. The van der Waals surface area contributed by atoms with E-state index in [2.05, 4.69) is 52.6 Å². The van der Waals surface area contributed by atoms with E-state index >= 15 is 0 Å². The maximum absolute atomic E-state index is 3.47. The van der Waals surface area contributed by atoms with Gasteiger partial charge in [0.2, 0.25) is 0 Å². The Morgan fingerprint density at radius 3 is 2.31 bits per heavy atom. The molecule has 1 aromatic rings. The third kappa shape index (κ3) is 3.51. The molecule has 0 saturated heterocycles. The van der Waals surface area contributed by atoms with Crippen LogP contribution in [-0.4, -0.2) is 18.3 Å². The summed E-state index contributed by atoms with van der Waals surface area (Å²) in [5.74, 6) is 0. The van der Waals surface area contributed by atoms with Gasteiger partial charge in [-0.05, 0) is 57.0 Å². The van der Waals surface area contributed by atoms with Crippen molar-refractivity contribution in [3.8, 4) is 0 Å². The van der Waals surface area contributed by atoms with E-state index in [0.717, 1.165) is 15.8 Å². The van der Waals surface area contributed by atoms with Crippen LogP contribution in [0.5, 0.6) is 0 Å². The van der Waals surface area contributed by atoms with Gasteiger partial charge in [0, 0.05) is 20.7 Å². The fraction of sp³-hybridized carbons (Fsp3) is 0.538. The number of halogens is 1. The molecule has 0 bridgehead atoms. The third-order valence-corrected chi connectivity index (χ3v) is 5.08. The molecular formula is C13H18BrNS. The molecule has 1 aliphatic rings. The molecule has 2 rings (SSSR count). The first-order valence-corrected chi connectivity index (χ1v) is 7.54. The summed E-state index contributed by atoms with van der Waals surface area (Å²) < 4.78 is 1.16. The van der Waals surface area contributed by atoms with Crippen molar-refractivity contribution in [1.82, 2.24) is 5.32 Å². The van der Waals surface area contributed by atoms with E-state index in [1.165, 1.54) is 30.6 Å². The van der Waals surface area contributed by atoms with Gasteiger partial charge in [0.15, 0.2) is 0 Å². The first-order valence-electron chi connectivity index (χ1n) is 5.87. The number of hydrogen-bond donors (Lipinski definition) is 1. The van der Waals surface area contributed by atoms with Crippen LogP contribution in [0, 0.1) is 0 Å². The van der Waals surface area contributed by atoms with Crippen LogP contribution in [0.25, 0.3) is 0 Å². The van der Waals surface area contributed by atoms with Crippen molar-refractivity contribution in [2.45, 2.75) is 41.9 Å². The zero-order valence-electron chi connectivity index (χ0n) is 9.58. The number of nitrogens with one attached hydrogen (secondary N) is 1. The van der Waals surface area contributed by atoms with Crippen molar-refractivity contribution in [3.05, 3.63) is 28.7 Å². The zero-order valence-corrected chi connectivity index (χ0v) is 12.0. The summed E-state index contributed by atoms with van der Waals surface area (Å²) in [4.78, 5) is 1.40. The van der Waals surface area contributed by atoms with E-state index in [9.17, 15) is 0 Å². The van der Waals surface area contributed by atoms with Crippen LogP contribution in [0.15, 0.2) is 33.6 Å².